The number of oxime groups is 1. The Morgan fingerprint density at radius 1 is 1.67 bits per heavy atom. The summed E-state index contributed by atoms with van der Waals surface area (Å²) in [6.45, 7) is 5.49. The molecule has 9 heavy (non-hydrogen) atoms. The summed E-state index contributed by atoms with van der Waals surface area (Å²) in [6, 6.07) is 0. The highest BCUT2D eigenvalue weighted by Gasteiger charge is 1.78. The number of nitrogens with zero attached hydrogens (tertiary/aromatic N) is 1. The lowest BCUT2D eigenvalue weighted by molar-refractivity contribution is 0.215. The van der Waals surface area contributed by atoms with Gasteiger partial charge in [-0.25, -0.2) is 0 Å². The van der Waals surface area contributed by atoms with E-state index in [9.17, 15) is 0 Å². The molecule has 0 aliphatic carbocycles. The summed E-state index contributed by atoms with van der Waals surface area (Å²) in [5.41, 5.74) is 0.955. The van der Waals surface area contributed by atoms with E-state index in [1.54, 1.807) is 12.3 Å². The molecule has 50 valence electrons. The first kappa shape index (κ1) is 7.95. The Bertz CT molecular complexity index is 136. The first-order valence-electron chi connectivity index (χ1n) is 2.70. The highest BCUT2D eigenvalue weighted by molar-refractivity contribution is 5.81. The zero-order valence-electron chi connectivity index (χ0n) is 5.79. The maximum absolute atomic E-state index is 4.46. The highest BCUT2D eigenvalue weighted by atomic mass is 16.6. The van der Waals surface area contributed by atoms with Crippen LogP contribution in [0, 0.1) is 0 Å². The van der Waals surface area contributed by atoms with E-state index in [2.05, 4.69) is 16.6 Å². The molecular weight excluding hydrogens is 114 g/mol. The molecule has 0 heterocycles. The first-order valence-corrected chi connectivity index (χ1v) is 2.70. The maximum Gasteiger partial charge on any atom is 0.106 e. The summed E-state index contributed by atoms with van der Waals surface area (Å²) >= 11 is 0. The lowest BCUT2D eigenvalue weighted by atomic mass is 10.3. The minimum Gasteiger partial charge on any atom is -0.399 e. The smallest absolute Gasteiger partial charge is 0.106 e. The van der Waals surface area contributed by atoms with Crippen LogP contribution in [0.1, 0.15) is 6.92 Å². The molecule has 0 aliphatic rings. The molecule has 0 fully saturated rings. The van der Waals surface area contributed by atoms with E-state index in [-0.39, 0.29) is 0 Å². The summed E-state index contributed by atoms with van der Waals surface area (Å²) < 4.78 is 0. The van der Waals surface area contributed by atoms with Gasteiger partial charge >= 0.3 is 0 Å². The van der Waals surface area contributed by atoms with Crippen LogP contribution in [-0.2, 0) is 4.84 Å². The molecule has 0 aliphatic heterocycles. The summed E-state index contributed by atoms with van der Waals surface area (Å²) in [7, 11) is 1.51. The van der Waals surface area contributed by atoms with Crippen molar-refractivity contribution in [3.05, 3.63) is 24.3 Å². The van der Waals surface area contributed by atoms with Crippen LogP contribution in [0.5, 0.6) is 0 Å². The Morgan fingerprint density at radius 3 is 2.67 bits per heavy atom. The van der Waals surface area contributed by atoms with E-state index in [4.69, 9.17) is 0 Å². The number of rotatable bonds is 3. The molecule has 0 bridgehead atoms. The molecule has 0 N–H and O–H groups in total. The largest absolute Gasteiger partial charge is 0.399 e. The summed E-state index contributed by atoms with van der Waals surface area (Å²) in [4.78, 5) is 4.46. The summed E-state index contributed by atoms with van der Waals surface area (Å²) in [5, 5.41) is 3.55. The highest BCUT2D eigenvalue weighted by Crippen LogP contribution is 1.89. The van der Waals surface area contributed by atoms with E-state index >= 15 is 0 Å². The second kappa shape index (κ2) is 5.09. The van der Waals surface area contributed by atoms with Crippen LogP contribution in [0.4, 0.5) is 0 Å². The predicted molar refractivity (Wildman–Crippen MR) is 39.5 cm³/mol. The molecule has 0 spiro atoms. The lowest BCUT2D eigenvalue weighted by Crippen LogP contribution is -1.78. The molecule has 0 radical (unpaired) electrons. The van der Waals surface area contributed by atoms with Crippen LogP contribution < -0.4 is 0 Å². The van der Waals surface area contributed by atoms with Crippen molar-refractivity contribution in [2.24, 2.45) is 5.16 Å². The first-order chi connectivity index (χ1) is 4.35. The van der Waals surface area contributed by atoms with E-state index in [0.717, 1.165) is 5.57 Å². The van der Waals surface area contributed by atoms with Gasteiger partial charge in [-0.05, 0) is 12.5 Å². The number of hydrogen-bond acceptors (Lipinski definition) is 2. The van der Waals surface area contributed by atoms with Crippen LogP contribution in [0.25, 0.3) is 0 Å². The third-order valence-electron chi connectivity index (χ3n) is 0.876. The summed E-state index contributed by atoms with van der Waals surface area (Å²) in [5.74, 6) is 0. The van der Waals surface area contributed by atoms with Crippen molar-refractivity contribution in [1.29, 1.82) is 0 Å². The Balaban J connectivity index is 3.84. The fraction of sp³-hybridized carbons (Fsp3) is 0.286. The van der Waals surface area contributed by atoms with Gasteiger partial charge in [0, 0.05) is 0 Å². The standard InChI is InChI=1S/C7H11NO/c1-4-7(5-2)6-8-9-3/h4-6H,1H2,2-3H3. The second-order valence-electron chi connectivity index (χ2n) is 1.41. The third-order valence-corrected chi connectivity index (χ3v) is 0.876. The van der Waals surface area contributed by atoms with Crippen molar-refractivity contribution in [1.82, 2.24) is 0 Å². The molecule has 0 amide bonds. The van der Waals surface area contributed by atoms with Crippen molar-refractivity contribution >= 4 is 6.21 Å². The lowest BCUT2D eigenvalue weighted by Gasteiger charge is -1.87. The van der Waals surface area contributed by atoms with Gasteiger partial charge in [-0.15, -0.1) is 0 Å². The Labute approximate surface area is 55.5 Å². The number of hydrogen-bond donors (Lipinski definition) is 0. The topological polar surface area (TPSA) is 21.6 Å². The van der Waals surface area contributed by atoms with Crippen molar-refractivity contribution in [2.45, 2.75) is 6.92 Å². The molecule has 0 rings (SSSR count). The zero-order valence-corrected chi connectivity index (χ0v) is 5.79. The van der Waals surface area contributed by atoms with Crippen molar-refractivity contribution in [2.75, 3.05) is 7.11 Å². The molecule has 0 aromatic rings. The van der Waals surface area contributed by atoms with Gasteiger partial charge in [-0.3, -0.25) is 0 Å². The fourth-order valence-electron chi connectivity index (χ4n) is 0.359. The van der Waals surface area contributed by atoms with Gasteiger partial charge in [-0.1, -0.05) is 23.9 Å². The fourth-order valence-corrected chi connectivity index (χ4v) is 0.359. The molecule has 0 unspecified atom stereocenters. The molecule has 0 atom stereocenters. The van der Waals surface area contributed by atoms with E-state index in [0.29, 0.717) is 0 Å². The minimum atomic E-state index is 0.955. The number of allylic oxidation sites excluding steroid dienone is 3. The van der Waals surface area contributed by atoms with Crippen LogP contribution in [-0.4, -0.2) is 13.3 Å². The monoisotopic (exact) mass is 125 g/mol. The van der Waals surface area contributed by atoms with Crippen molar-refractivity contribution in [3.8, 4) is 0 Å². The van der Waals surface area contributed by atoms with Crippen LogP contribution in [0.2, 0.25) is 0 Å². The minimum absolute atomic E-state index is 0.955. The van der Waals surface area contributed by atoms with Gasteiger partial charge in [0.1, 0.15) is 7.11 Å². The van der Waals surface area contributed by atoms with E-state index < -0.39 is 0 Å². The Morgan fingerprint density at radius 2 is 2.33 bits per heavy atom. The van der Waals surface area contributed by atoms with Gasteiger partial charge in [0.2, 0.25) is 0 Å². The van der Waals surface area contributed by atoms with Crippen LogP contribution in [0.15, 0.2) is 29.5 Å². The second-order valence-corrected chi connectivity index (χ2v) is 1.41. The van der Waals surface area contributed by atoms with Gasteiger partial charge in [0.15, 0.2) is 0 Å². The van der Waals surface area contributed by atoms with E-state index in [1.807, 2.05) is 13.0 Å². The van der Waals surface area contributed by atoms with Crippen LogP contribution in [0.3, 0.4) is 0 Å². The molecule has 0 aromatic heterocycles. The normalized spacial score (nSPS) is 12.0. The maximum atomic E-state index is 4.46. The quantitative estimate of drug-likeness (QED) is 0.320. The van der Waals surface area contributed by atoms with Gasteiger partial charge in [0.25, 0.3) is 0 Å². The summed E-state index contributed by atoms with van der Waals surface area (Å²) in [6.07, 6.45) is 5.21. The molecule has 0 saturated heterocycles. The van der Waals surface area contributed by atoms with Crippen molar-refractivity contribution in [3.63, 3.8) is 0 Å². The molecular formula is C7H11NO. The molecule has 2 heteroatoms. The van der Waals surface area contributed by atoms with Gasteiger partial charge in [0.05, 0.1) is 6.21 Å². The van der Waals surface area contributed by atoms with Crippen molar-refractivity contribution < 1.29 is 4.84 Å². The Hall–Kier alpha value is -1.05. The molecule has 0 saturated carbocycles. The predicted octanol–water partition coefficient (Wildman–Crippen LogP) is 1.75. The average Bonchev–Trinajstić information content (AvgIpc) is 1.91. The van der Waals surface area contributed by atoms with E-state index in [1.165, 1.54) is 7.11 Å². The van der Waals surface area contributed by atoms with Crippen LogP contribution >= 0.6 is 0 Å². The zero-order chi connectivity index (χ0) is 7.11. The molecule has 0 aromatic carbocycles. The van der Waals surface area contributed by atoms with Gasteiger partial charge < -0.3 is 4.84 Å². The van der Waals surface area contributed by atoms with Gasteiger partial charge in [-0.2, -0.15) is 0 Å². The average molecular weight is 125 g/mol. The SMILES string of the molecule is C=CC(C=NOC)=CC. The molecule has 2 nitrogen and oxygen atoms in total. The Kier molecular flexibility index (Phi) is 4.50. The third kappa shape index (κ3) is 3.53.